The Morgan fingerprint density at radius 3 is 2.69 bits per heavy atom. The number of alkyl halides is 3. The second-order valence-corrected chi connectivity index (χ2v) is 7.24. The van der Waals surface area contributed by atoms with Crippen molar-refractivity contribution in [2.24, 2.45) is 7.05 Å². The van der Waals surface area contributed by atoms with E-state index in [1.807, 2.05) is 17.5 Å². The van der Waals surface area contributed by atoms with Gasteiger partial charge in [-0.3, -0.25) is 13.9 Å². The predicted molar refractivity (Wildman–Crippen MR) is 98.9 cm³/mol. The zero-order chi connectivity index (χ0) is 19.1. The van der Waals surface area contributed by atoms with Crippen LogP contribution >= 0.6 is 22.7 Å². The first-order valence-corrected chi connectivity index (χ1v) is 9.35. The number of aromatic nitrogens is 2. The lowest BCUT2D eigenvalue weighted by atomic mass is 10.3. The highest BCUT2D eigenvalue weighted by Crippen LogP contribution is 2.30. The monoisotopic (exact) mass is 401 g/mol. The Kier molecular flexibility index (Phi) is 7.40. The van der Waals surface area contributed by atoms with Crippen LogP contribution in [0.25, 0.3) is 10.6 Å². The highest BCUT2D eigenvalue weighted by atomic mass is 32.1. The number of amides is 1. The molecule has 0 atom stereocenters. The molecular formula is C17H18F3N3OS2. The van der Waals surface area contributed by atoms with Crippen LogP contribution in [0.3, 0.4) is 0 Å². The number of nitrogens with one attached hydrogen (secondary N) is 1. The number of hydrogen-bond acceptors (Lipinski definition) is 4. The van der Waals surface area contributed by atoms with Gasteiger partial charge in [-0.1, -0.05) is 6.07 Å². The average Bonchev–Trinajstić information content (AvgIpc) is 3.36. The van der Waals surface area contributed by atoms with Crippen LogP contribution in [0.15, 0.2) is 35.7 Å². The van der Waals surface area contributed by atoms with Gasteiger partial charge in [-0.15, -0.1) is 22.7 Å². The molecule has 0 aliphatic heterocycles. The number of nitrogens with zero attached hydrogens (tertiary/aromatic N) is 2. The van der Waals surface area contributed by atoms with Crippen LogP contribution in [0.5, 0.6) is 0 Å². The molecule has 0 unspecified atom stereocenters. The van der Waals surface area contributed by atoms with E-state index in [0.29, 0.717) is 29.2 Å². The third-order valence-corrected chi connectivity index (χ3v) is 5.50. The number of thiophene rings is 2. The first-order chi connectivity index (χ1) is 12.5. The molecular weight excluding hydrogens is 383 g/mol. The summed E-state index contributed by atoms with van der Waals surface area (Å²) in [7, 11) is 1.98. The maximum absolute atomic E-state index is 12.8. The minimum absolute atomic E-state index is 0.139. The van der Waals surface area contributed by atoms with Crippen LogP contribution < -0.4 is 5.32 Å². The molecule has 0 fully saturated rings. The van der Waals surface area contributed by atoms with Crippen LogP contribution in [0.2, 0.25) is 0 Å². The van der Waals surface area contributed by atoms with E-state index in [-0.39, 0.29) is 11.6 Å². The fourth-order valence-corrected chi connectivity index (χ4v) is 3.83. The normalized spacial score (nSPS) is 10.5. The molecule has 0 aliphatic rings. The molecule has 0 aliphatic carbocycles. The van der Waals surface area contributed by atoms with E-state index in [9.17, 15) is 18.0 Å². The lowest BCUT2D eigenvalue weighted by Crippen LogP contribution is -2.24. The van der Waals surface area contributed by atoms with Crippen LogP contribution in [0, 0.1) is 0 Å². The number of halogens is 3. The minimum atomic E-state index is -2.57. The summed E-state index contributed by atoms with van der Waals surface area (Å²) in [4.78, 5) is 14.6. The highest BCUT2D eigenvalue weighted by molar-refractivity contribution is 7.17. The third kappa shape index (κ3) is 4.95. The fraction of sp³-hybridized carbons (Fsp3) is 0.294. The van der Waals surface area contributed by atoms with E-state index in [4.69, 9.17) is 0 Å². The SMILES string of the molecule is CF.Cn1nc(-c2ccc(C(=O)NCCc3cccs3)s2)cc1C(F)F. The Morgan fingerprint density at radius 1 is 1.31 bits per heavy atom. The Labute approximate surface area is 157 Å². The molecule has 0 saturated heterocycles. The van der Waals surface area contributed by atoms with Gasteiger partial charge in [0.1, 0.15) is 11.4 Å². The first kappa shape index (κ1) is 20.2. The van der Waals surface area contributed by atoms with E-state index < -0.39 is 6.43 Å². The molecule has 3 heterocycles. The van der Waals surface area contributed by atoms with E-state index >= 15 is 0 Å². The summed E-state index contributed by atoms with van der Waals surface area (Å²) in [6.45, 7) is 0.561. The quantitative estimate of drug-likeness (QED) is 0.650. The molecule has 0 spiro atoms. The number of hydrogen-bond donors (Lipinski definition) is 1. The molecule has 140 valence electrons. The van der Waals surface area contributed by atoms with Gasteiger partial charge in [0.2, 0.25) is 0 Å². The molecule has 3 aromatic rings. The zero-order valence-corrected chi connectivity index (χ0v) is 15.8. The molecule has 0 saturated carbocycles. The van der Waals surface area contributed by atoms with Crippen LogP contribution in [-0.4, -0.2) is 29.4 Å². The molecule has 0 aromatic carbocycles. The fourth-order valence-electron chi connectivity index (χ4n) is 2.25. The van der Waals surface area contributed by atoms with Gasteiger partial charge in [-0.25, -0.2) is 8.78 Å². The second kappa shape index (κ2) is 9.54. The standard InChI is InChI=1S/C16H15F2N3OS2.CH3F/c1-21-12(15(17)18)9-11(20-21)13-4-5-14(24-13)16(22)19-7-6-10-3-2-8-23-10;1-2/h2-5,8-9,15H,6-7H2,1H3,(H,19,22);1H3. The van der Waals surface area contributed by atoms with Gasteiger partial charge < -0.3 is 5.32 Å². The molecule has 9 heteroatoms. The highest BCUT2D eigenvalue weighted by Gasteiger charge is 2.17. The molecule has 3 aromatic heterocycles. The van der Waals surface area contributed by atoms with Crippen molar-refractivity contribution in [3.63, 3.8) is 0 Å². The molecule has 1 N–H and O–H groups in total. The number of aryl methyl sites for hydroxylation is 1. The summed E-state index contributed by atoms with van der Waals surface area (Å²) in [5, 5.41) is 8.96. The molecule has 0 radical (unpaired) electrons. The Morgan fingerprint density at radius 2 is 2.08 bits per heavy atom. The van der Waals surface area contributed by atoms with Gasteiger partial charge in [0.05, 0.1) is 16.9 Å². The first-order valence-electron chi connectivity index (χ1n) is 7.65. The topological polar surface area (TPSA) is 46.9 Å². The number of carbonyl (C=O) groups is 1. The van der Waals surface area contributed by atoms with E-state index in [0.717, 1.165) is 6.42 Å². The summed E-state index contributed by atoms with van der Waals surface area (Å²) >= 11 is 2.90. The van der Waals surface area contributed by atoms with Crippen molar-refractivity contribution in [1.29, 1.82) is 0 Å². The third-order valence-electron chi connectivity index (χ3n) is 3.46. The van der Waals surface area contributed by atoms with Crippen LogP contribution in [-0.2, 0) is 13.5 Å². The summed E-state index contributed by atoms with van der Waals surface area (Å²) in [6, 6.07) is 8.79. The van der Waals surface area contributed by atoms with Gasteiger partial charge >= 0.3 is 0 Å². The smallest absolute Gasteiger partial charge is 0.280 e. The van der Waals surface area contributed by atoms with Crippen molar-refractivity contribution in [3.8, 4) is 10.6 Å². The molecule has 26 heavy (non-hydrogen) atoms. The summed E-state index contributed by atoms with van der Waals surface area (Å²) in [5.74, 6) is -0.159. The molecule has 3 rings (SSSR count). The van der Waals surface area contributed by atoms with E-state index in [1.54, 1.807) is 23.5 Å². The maximum Gasteiger partial charge on any atom is 0.280 e. The van der Waals surface area contributed by atoms with Gasteiger partial charge in [-0.05, 0) is 36.1 Å². The van der Waals surface area contributed by atoms with Crippen molar-refractivity contribution < 1.29 is 18.0 Å². The summed E-state index contributed by atoms with van der Waals surface area (Å²) in [6.07, 6.45) is -1.78. The van der Waals surface area contributed by atoms with Gasteiger partial charge in [0.15, 0.2) is 0 Å². The lowest BCUT2D eigenvalue weighted by Gasteiger charge is -2.01. The van der Waals surface area contributed by atoms with Gasteiger partial charge in [0.25, 0.3) is 12.3 Å². The Bertz CT molecular complexity index is 828. The van der Waals surface area contributed by atoms with E-state index in [2.05, 4.69) is 10.4 Å². The predicted octanol–water partition coefficient (Wildman–Crippen LogP) is 4.71. The van der Waals surface area contributed by atoms with Crippen molar-refractivity contribution in [2.75, 3.05) is 13.7 Å². The zero-order valence-electron chi connectivity index (χ0n) is 14.2. The van der Waals surface area contributed by atoms with Crippen LogP contribution in [0.1, 0.15) is 26.7 Å². The minimum Gasteiger partial charge on any atom is -0.351 e. The van der Waals surface area contributed by atoms with Crippen molar-refractivity contribution in [2.45, 2.75) is 12.8 Å². The Balaban J connectivity index is 0.00000117. The summed E-state index contributed by atoms with van der Waals surface area (Å²) in [5.41, 5.74) is 0.316. The van der Waals surface area contributed by atoms with Crippen LogP contribution in [0.4, 0.5) is 13.2 Å². The van der Waals surface area contributed by atoms with Gasteiger partial charge in [0, 0.05) is 18.5 Å². The second-order valence-electron chi connectivity index (χ2n) is 5.13. The maximum atomic E-state index is 12.8. The van der Waals surface area contributed by atoms with E-state index in [1.165, 1.54) is 34.0 Å². The molecule has 0 bridgehead atoms. The average molecular weight is 401 g/mol. The summed E-state index contributed by atoms with van der Waals surface area (Å²) < 4.78 is 36.3. The van der Waals surface area contributed by atoms with Crippen molar-refractivity contribution in [3.05, 3.63) is 51.2 Å². The van der Waals surface area contributed by atoms with Crippen molar-refractivity contribution in [1.82, 2.24) is 15.1 Å². The molecule has 1 amide bonds. The molecule has 4 nitrogen and oxygen atoms in total. The van der Waals surface area contributed by atoms with Gasteiger partial charge in [-0.2, -0.15) is 5.10 Å². The lowest BCUT2D eigenvalue weighted by molar-refractivity contribution is 0.0958. The largest absolute Gasteiger partial charge is 0.351 e. The number of carbonyl (C=O) groups excluding carboxylic acids is 1. The van der Waals surface area contributed by atoms with Crippen molar-refractivity contribution >= 4 is 28.6 Å². The number of rotatable bonds is 6. The Hall–Kier alpha value is -2.13.